The fourth-order valence-corrected chi connectivity index (χ4v) is 5.06. The van der Waals surface area contributed by atoms with Crippen molar-refractivity contribution in [3.8, 4) is 27.6 Å². The number of rotatable bonds is 7. The Hall–Kier alpha value is -3.78. The first-order chi connectivity index (χ1) is 17.2. The molecule has 0 aliphatic carbocycles. The molecule has 1 fully saturated rings. The van der Waals surface area contributed by atoms with Gasteiger partial charge < -0.3 is 15.0 Å². The minimum Gasteiger partial charge on any atom is -0.497 e. The molecule has 8 heteroatoms. The molecule has 1 aliphatic heterocycles. The minimum absolute atomic E-state index is 0.00127. The molecule has 1 N–H and O–H groups in total. The van der Waals surface area contributed by atoms with E-state index in [0.717, 1.165) is 65.0 Å². The van der Waals surface area contributed by atoms with Crippen LogP contribution in [0.25, 0.3) is 21.8 Å². The van der Waals surface area contributed by atoms with Crippen LogP contribution in [0.5, 0.6) is 5.75 Å². The van der Waals surface area contributed by atoms with E-state index in [9.17, 15) is 4.79 Å². The number of thiazole rings is 1. The number of aromatic nitrogens is 3. The molecule has 0 atom stereocenters. The molecule has 4 aromatic rings. The lowest BCUT2D eigenvalue weighted by Crippen LogP contribution is -2.40. The zero-order valence-electron chi connectivity index (χ0n) is 19.6. The van der Waals surface area contributed by atoms with Crippen LogP contribution in [0.2, 0.25) is 0 Å². The molecule has 0 saturated carbocycles. The van der Waals surface area contributed by atoms with Crippen LogP contribution in [0, 0.1) is 5.92 Å². The van der Waals surface area contributed by atoms with E-state index in [1.165, 1.54) is 0 Å². The second kappa shape index (κ2) is 10.7. The lowest BCUT2D eigenvalue weighted by molar-refractivity contribution is -0.125. The molecular formula is C27H27N5O2S. The number of piperidine rings is 1. The van der Waals surface area contributed by atoms with Gasteiger partial charge in [-0.25, -0.2) is 15.0 Å². The summed E-state index contributed by atoms with van der Waals surface area (Å²) in [6.07, 6.45) is 3.21. The highest BCUT2D eigenvalue weighted by Gasteiger charge is 2.26. The number of amides is 1. The van der Waals surface area contributed by atoms with Crippen molar-refractivity contribution >= 4 is 23.1 Å². The summed E-state index contributed by atoms with van der Waals surface area (Å²) in [5.74, 6) is 1.82. The summed E-state index contributed by atoms with van der Waals surface area (Å²) in [4.78, 5) is 28.6. The zero-order valence-corrected chi connectivity index (χ0v) is 20.4. The number of hydrogen-bond donors (Lipinski definition) is 1. The predicted molar refractivity (Wildman–Crippen MR) is 138 cm³/mol. The molecule has 3 heterocycles. The van der Waals surface area contributed by atoms with Crippen LogP contribution in [0.1, 0.15) is 18.5 Å². The van der Waals surface area contributed by atoms with Crippen LogP contribution < -0.4 is 15.0 Å². The van der Waals surface area contributed by atoms with E-state index < -0.39 is 0 Å². The van der Waals surface area contributed by atoms with E-state index in [2.05, 4.69) is 25.2 Å². The van der Waals surface area contributed by atoms with E-state index in [4.69, 9.17) is 4.74 Å². The highest BCUT2D eigenvalue weighted by molar-refractivity contribution is 7.13. The van der Waals surface area contributed by atoms with Crippen LogP contribution in [0.4, 0.5) is 5.82 Å². The SMILES string of the molecule is COc1ccc(-c2nc(CNC(=O)C3CCN(c4cc(-c5ccccc5)ncn4)CC3)cs2)cc1. The summed E-state index contributed by atoms with van der Waals surface area (Å²) in [6.45, 7) is 2.03. The number of benzene rings is 2. The molecule has 1 aliphatic rings. The third-order valence-corrected chi connectivity index (χ3v) is 7.18. The maximum atomic E-state index is 12.8. The number of hydrogen-bond acceptors (Lipinski definition) is 7. The second-order valence-corrected chi connectivity index (χ2v) is 9.34. The lowest BCUT2D eigenvalue weighted by atomic mass is 9.96. The van der Waals surface area contributed by atoms with Gasteiger partial charge in [-0.05, 0) is 37.1 Å². The van der Waals surface area contributed by atoms with Gasteiger partial charge in [-0.1, -0.05) is 30.3 Å². The van der Waals surface area contributed by atoms with E-state index >= 15 is 0 Å². The number of carbonyl (C=O) groups excluding carboxylic acids is 1. The molecule has 0 spiro atoms. The predicted octanol–water partition coefficient (Wildman–Crippen LogP) is 4.81. The van der Waals surface area contributed by atoms with Crippen molar-refractivity contribution in [1.82, 2.24) is 20.3 Å². The molecule has 0 unspecified atom stereocenters. The summed E-state index contributed by atoms with van der Waals surface area (Å²) >= 11 is 1.58. The molecule has 5 rings (SSSR count). The third kappa shape index (κ3) is 5.49. The van der Waals surface area contributed by atoms with Crippen LogP contribution in [0.15, 0.2) is 72.4 Å². The van der Waals surface area contributed by atoms with Crippen LogP contribution >= 0.6 is 11.3 Å². The van der Waals surface area contributed by atoms with Gasteiger partial charge in [0.2, 0.25) is 5.91 Å². The number of ether oxygens (including phenoxy) is 1. The van der Waals surface area contributed by atoms with Gasteiger partial charge in [-0.15, -0.1) is 11.3 Å². The van der Waals surface area contributed by atoms with Crippen molar-refractivity contribution < 1.29 is 9.53 Å². The normalized spacial score (nSPS) is 14.0. The molecule has 2 aromatic carbocycles. The first-order valence-electron chi connectivity index (χ1n) is 11.7. The van der Waals surface area contributed by atoms with Gasteiger partial charge in [0.25, 0.3) is 0 Å². The first-order valence-corrected chi connectivity index (χ1v) is 12.6. The Labute approximate surface area is 208 Å². The lowest BCUT2D eigenvalue weighted by Gasteiger charge is -2.32. The molecule has 0 radical (unpaired) electrons. The van der Waals surface area contributed by atoms with Crippen LogP contribution in [-0.2, 0) is 11.3 Å². The Morgan fingerprint density at radius 1 is 1.06 bits per heavy atom. The van der Waals surface area contributed by atoms with E-state index in [0.29, 0.717) is 6.54 Å². The Kier molecular flexibility index (Phi) is 6.99. The highest BCUT2D eigenvalue weighted by atomic mass is 32.1. The molecule has 1 saturated heterocycles. The molecule has 7 nitrogen and oxygen atoms in total. The number of nitrogens with one attached hydrogen (secondary N) is 1. The molecule has 0 bridgehead atoms. The largest absolute Gasteiger partial charge is 0.497 e. The van der Waals surface area contributed by atoms with Crippen molar-refractivity contribution in [2.24, 2.45) is 5.92 Å². The summed E-state index contributed by atoms with van der Waals surface area (Å²) in [5, 5.41) is 6.02. The van der Waals surface area contributed by atoms with Gasteiger partial charge in [-0.2, -0.15) is 0 Å². The summed E-state index contributed by atoms with van der Waals surface area (Å²) < 4.78 is 5.21. The van der Waals surface area contributed by atoms with Gasteiger partial charge >= 0.3 is 0 Å². The number of nitrogens with zero attached hydrogens (tertiary/aromatic N) is 4. The summed E-state index contributed by atoms with van der Waals surface area (Å²) in [7, 11) is 1.65. The van der Waals surface area contributed by atoms with Gasteiger partial charge in [0.05, 0.1) is 25.0 Å². The third-order valence-electron chi connectivity index (χ3n) is 6.24. The van der Waals surface area contributed by atoms with Crippen LogP contribution in [0.3, 0.4) is 0 Å². The molecule has 35 heavy (non-hydrogen) atoms. The van der Waals surface area contributed by atoms with Gasteiger partial charge in [0, 0.05) is 41.6 Å². The van der Waals surface area contributed by atoms with Crippen LogP contribution in [-0.4, -0.2) is 41.1 Å². The fourth-order valence-electron chi connectivity index (χ4n) is 4.23. The fraction of sp³-hybridized carbons (Fsp3) is 0.259. The minimum atomic E-state index is 0.00127. The highest BCUT2D eigenvalue weighted by Crippen LogP contribution is 2.27. The van der Waals surface area contributed by atoms with Crippen molar-refractivity contribution in [1.29, 1.82) is 0 Å². The molecule has 178 valence electrons. The number of anilines is 1. The second-order valence-electron chi connectivity index (χ2n) is 8.48. The molecular weight excluding hydrogens is 458 g/mol. The number of carbonyl (C=O) groups is 1. The average Bonchev–Trinajstić information content (AvgIpc) is 3.41. The van der Waals surface area contributed by atoms with E-state index in [1.807, 2.05) is 66.0 Å². The smallest absolute Gasteiger partial charge is 0.223 e. The Balaban J connectivity index is 1.13. The van der Waals surface area contributed by atoms with Crippen molar-refractivity contribution in [2.45, 2.75) is 19.4 Å². The molecule has 2 aromatic heterocycles. The van der Waals surface area contributed by atoms with Crippen molar-refractivity contribution in [2.75, 3.05) is 25.1 Å². The quantitative estimate of drug-likeness (QED) is 0.405. The topological polar surface area (TPSA) is 80.2 Å². The van der Waals surface area contributed by atoms with Gasteiger partial charge in [-0.3, -0.25) is 4.79 Å². The Bertz CT molecular complexity index is 1270. The summed E-state index contributed by atoms with van der Waals surface area (Å²) in [5.41, 5.74) is 3.90. The van der Waals surface area contributed by atoms with E-state index in [-0.39, 0.29) is 11.8 Å². The van der Waals surface area contributed by atoms with Gasteiger partial charge in [0.1, 0.15) is 22.9 Å². The average molecular weight is 486 g/mol. The zero-order chi connectivity index (χ0) is 24.0. The Morgan fingerprint density at radius 2 is 1.83 bits per heavy atom. The van der Waals surface area contributed by atoms with Crippen molar-refractivity contribution in [3.63, 3.8) is 0 Å². The van der Waals surface area contributed by atoms with E-state index in [1.54, 1.807) is 24.8 Å². The first kappa shape index (κ1) is 23.0. The van der Waals surface area contributed by atoms with Gasteiger partial charge in [0.15, 0.2) is 0 Å². The standard InChI is InChI=1S/C27H27N5O2S/c1-34-23-9-7-21(8-10-23)27-31-22(17-35-27)16-28-26(33)20-11-13-32(14-12-20)25-15-24(29-18-30-25)19-5-3-2-4-6-19/h2-10,15,17-18,20H,11-14,16H2,1H3,(H,28,33). The number of methoxy groups -OCH3 is 1. The van der Waals surface area contributed by atoms with Crippen molar-refractivity contribution in [3.05, 3.63) is 78.1 Å². The monoisotopic (exact) mass is 485 g/mol. The maximum Gasteiger partial charge on any atom is 0.223 e. The molecule has 1 amide bonds. The summed E-state index contributed by atoms with van der Waals surface area (Å²) in [6, 6.07) is 20.0. The Morgan fingerprint density at radius 3 is 2.57 bits per heavy atom. The maximum absolute atomic E-state index is 12.8.